The van der Waals surface area contributed by atoms with Crippen LogP contribution in [0.15, 0.2) is 84.9 Å². The van der Waals surface area contributed by atoms with Gasteiger partial charge >= 0.3 is 0 Å². The van der Waals surface area contributed by atoms with Crippen molar-refractivity contribution in [2.45, 2.75) is 25.2 Å². The second kappa shape index (κ2) is 12.7. The number of nitrogens with zero attached hydrogens (tertiary/aromatic N) is 1. The number of primary amides is 1. The van der Waals surface area contributed by atoms with Gasteiger partial charge in [-0.25, -0.2) is 0 Å². The Hall–Kier alpha value is -3.39. The van der Waals surface area contributed by atoms with Crippen LogP contribution in [-0.4, -0.2) is 53.4 Å². The lowest BCUT2D eigenvalue weighted by molar-refractivity contribution is -0.119. The molecule has 0 aromatic heterocycles. The molecule has 0 saturated carbocycles. The van der Waals surface area contributed by atoms with Crippen LogP contribution in [0.1, 0.15) is 30.3 Å². The van der Waals surface area contributed by atoms with Crippen LogP contribution < -0.4 is 15.2 Å². The van der Waals surface area contributed by atoms with Crippen LogP contribution >= 0.6 is 0 Å². The predicted octanol–water partition coefficient (Wildman–Crippen LogP) is 3.09. The summed E-state index contributed by atoms with van der Waals surface area (Å²) >= 11 is 0. The molecule has 0 fully saturated rings. The number of hydrogen-bond acceptors (Lipinski definition) is 6. The van der Waals surface area contributed by atoms with Crippen LogP contribution in [0.2, 0.25) is 0 Å². The van der Waals surface area contributed by atoms with Crippen molar-refractivity contribution in [1.29, 1.82) is 0 Å². The molecule has 34 heavy (non-hydrogen) atoms. The smallest absolute Gasteiger partial charge is 0.255 e. The van der Waals surface area contributed by atoms with Crippen LogP contribution in [0.3, 0.4) is 0 Å². The number of carbonyl (C=O) groups is 1. The van der Waals surface area contributed by atoms with Gasteiger partial charge in [0.1, 0.15) is 18.1 Å². The fourth-order valence-corrected chi connectivity index (χ4v) is 3.55. The third-order valence-corrected chi connectivity index (χ3v) is 5.50. The first-order valence-electron chi connectivity index (χ1n) is 11.3. The van der Waals surface area contributed by atoms with Crippen LogP contribution in [0.25, 0.3) is 0 Å². The van der Waals surface area contributed by atoms with E-state index in [0.29, 0.717) is 31.2 Å². The van der Waals surface area contributed by atoms with Crippen LogP contribution in [0.5, 0.6) is 11.5 Å². The topological polar surface area (TPSA) is 105 Å². The molecule has 3 rings (SSSR count). The number of aliphatic hydroxyl groups is 2. The van der Waals surface area contributed by atoms with Crippen molar-refractivity contribution < 1.29 is 24.5 Å². The third-order valence-electron chi connectivity index (χ3n) is 5.50. The van der Waals surface area contributed by atoms with E-state index in [4.69, 9.17) is 15.2 Å². The molecule has 4 N–H and O–H groups in total. The standard InChI is InChI=1S/C27H32N2O5/c1-20(18-33-23-12-14-24(15-13-23)34-19-27(28)32)29(16-25(30)21-8-4-2-5-9-21)17-26(31)22-10-6-3-7-11-22/h2-15,20,25-26,30-31H,16-19H2,1H3,(H2,28,32). The molecule has 0 aliphatic rings. The lowest BCUT2D eigenvalue weighted by atomic mass is 10.1. The summed E-state index contributed by atoms with van der Waals surface area (Å²) in [6.45, 7) is 2.86. The van der Waals surface area contributed by atoms with E-state index in [2.05, 4.69) is 0 Å². The molecule has 0 spiro atoms. The Morgan fingerprint density at radius 2 is 1.24 bits per heavy atom. The van der Waals surface area contributed by atoms with E-state index in [0.717, 1.165) is 11.1 Å². The van der Waals surface area contributed by atoms with Gasteiger partial charge in [0.25, 0.3) is 5.91 Å². The van der Waals surface area contributed by atoms with E-state index in [9.17, 15) is 15.0 Å². The summed E-state index contributed by atoms with van der Waals surface area (Å²) in [5, 5.41) is 21.6. The average Bonchev–Trinajstić information content (AvgIpc) is 2.87. The zero-order valence-corrected chi connectivity index (χ0v) is 19.3. The fraction of sp³-hybridized carbons (Fsp3) is 0.296. The number of amides is 1. The Kier molecular flexibility index (Phi) is 9.46. The van der Waals surface area contributed by atoms with E-state index in [1.54, 1.807) is 24.3 Å². The third kappa shape index (κ3) is 7.88. The maximum atomic E-state index is 10.8. The van der Waals surface area contributed by atoms with Gasteiger partial charge in [0.05, 0.1) is 12.2 Å². The van der Waals surface area contributed by atoms with Gasteiger partial charge in [0, 0.05) is 19.1 Å². The Morgan fingerprint density at radius 1 is 0.794 bits per heavy atom. The second-order valence-corrected chi connectivity index (χ2v) is 8.19. The zero-order valence-electron chi connectivity index (χ0n) is 19.3. The van der Waals surface area contributed by atoms with E-state index < -0.39 is 18.1 Å². The summed E-state index contributed by atoms with van der Waals surface area (Å²) in [7, 11) is 0. The number of benzene rings is 3. The lowest BCUT2D eigenvalue weighted by Gasteiger charge is -2.32. The number of carbonyl (C=O) groups excluding carboxylic acids is 1. The van der Waals surface area contributed by atoms with Crippen molar-refractivity contribution in [2.24, 2.45) is 5.73 Å². The summed E-state index contributed by atoms with van der Waals surface area (Å²) in [6, 6.07) is 25.8. The second-order valence-electron chi connectivity index (χ2n) is 8.19. The molecule has 0 radical (unpaired) electrons. The minimum absolute atomic E-state index is 0.0949. The highest BCUT2D eigenvalue weighted by Crippen LogP contribution is 2.22. The molecule has 3 atom stereocenters. The number of nitrogens with two attached hydrogens (primary N) is 1. The molecule has 7 heteroatoms. The molecule has 1 amide bonds. The van der Waals surface area contributed by atoms with Gasteiger partial charge in [-0.2, -0.15) is 0 Å². The SMILES string of the molecule is CC(COc1ccc(OCC(N)=O)cc1)N(CC(O)c1ccccc1)CC(O)c1ccccc1. The highest BCUT2D eigenvalue weighted by molar-refractivity contribution is 5.75. The molecule has 3 aromatic rings. The van der Waals surface area contributed by atoms with Crippen LogP contribution in [-0.2, 0) is 4.79 Å². The summed E-state index contributed by atoms with van der Waals surface area (Å²) in [4.78, 5) is 12.9. The number of hydrogen-bond donors (Lipinski definition) is 3. The monoisotopic (exact) mass is 464 g/mol. The highest BCUT2D eigenvalue weighted by Gasteiger charge is 2.23. The number of aliphatic hydroxyl groups excluding tert-OH is 2. The summed E-state index contributed by atoms with van der Waals surface area (Å²) < 4.78 is 11.2. The van der Waals surface area contributed by atoms with Crippen molar-refractivity contribution in [2.75, 3.05) is 26.3 Å². The van der Waals surface area contributed by atoms with Crippen molar-refractivity contribution in [3.8, 4) is 11.5 Å². The molecule has 0 bridgehead atoms. The summed E-state index contributed by atoms with van der Waals surface area (Å²) in [5.74, 6) is 0.632. The molecule has 0 heterocycles. The molecule has 0 aliphatic carbocycles. The van der Waals surface area contributed by atoms with Crippen LogP contribution in [0, 0.1) is 0 Å². The Morgan fingerprint density at radius 3 is 1.68 bits per heavy atom. The molecule has 0 saturated heterocycles. The van der Waals surface area contributed by atoms with Gasteiger partial charge < -0.3 is 25.4 Å². The Labute approximate surface area is 200 Å². The van der Waals surface area contributed by atoms with Gasteiger partial charge in [0.15, 0.2) is 6.61 Å². The highest BCUT2D eigenvalue weighted by atomic mass is 16.5. The molecule has 0 aliphatic heterocycles. The van der Waals surface area contributed by atoms with Crippen molar-refractivity contribution in [1.82, 2.24) is 4.90 Å². The van der Waals surface area contributed by atoms with E-state index in [-0.39, 0.29) is 12.6 Å². The van der Waals surface area contributed by atoms with Crippen molar-refractivity contribution >= 4 is 5.91 Å². The number of ether oxygens (including phenoxy) is 2. The van der Waals surface area contributed by atoms with Gasteiger partial charge in [-0.3, -0.25) is 9.69 Å². The predicted molar refractivity (Wildman–Crippen MR) is 130 cm³/mol. The molecule has 3 aromatic carbocycles. The van der Waals surface area contributed by atoms with Gasteiger partial charge in [-0.15, -0.1) is 0 Å². The summed E-state index contributed by atoms with van der Waals surface area (Å²) in [6.07, 6.45) is -1.40. The first-order valence-corrected chi connectivity index (χ1v) is 11.3. The largest absolute Gasteiger partial charge is 0.492 e. The maximum absolute atomic E-state index is 10.8. The van der Waals surface area contributed by atoms with Crippen molar-refractivity contribution in [3.05, 3.63) is 96.1 Å². The minimum atomic E-state index is -0.701. The zero-order chi connectivity index (χ0) is 24.3. The molecular formula is C27H32N2O5. The molecule has 180 valence electrons. The van der Waals surface area contributed by atoms with E-state index >= 15 is 0 Å². The molecular weight excluding hydrogens is 432 g/mol. The van der Waals surface area contributed by atoms with Gasteiger partial charge in [0.2, 0.25) is 0 Å². The minimum Gasteiger partial charge on any atom is -0.492 e. The normalized spacial score (nSPS) is 13.8. The Bertz CT molecular complexity index is 951. The van der Waals surface area contributed by atoms with E-state index in [1.165, 1.54) is 0 Å². The number of rotatable bonds is 13. The fourth-order valence-electron chi connectivity index (χ4n) is 3.55. The summed E-state index contributed by atoms with van der Waals surface area (Å²) in [5.41, 5.74) is 6.74. The van der Waals surface area contributed by atoms with Gasteiger partial charge in [-0.05, 0) is 42.3 Å². The van der Waals surface area contributed by atoms with Crippen LogP contribution in [0.4, 0.5) is 0 Å². The quantitative estimate of drug-likeness (QED) is 0.359. The van der Waals surface area contributed by atoms with E-state index in [1.807, 2.05) is 72.5 Å². The maximum Gasteiger partial charge on any atom is 0.255 e. The Balaban J connectivity index is 1.64. The first-order chi connectivity index (χ1) is 16.4. The average molecular weight is 465 g/mol. The van der Waals surface area contributed by atoms with Crippen molar-refractivity contribution in [3.63, 3.8) is 0 Å². The molecule has 3 unspecified atom stereocenters. The first kappa shape index (κ1) is 25.2. The molecule has 7 nitrogen and oxygen atoms in total. The lowest BCUT2D eigenvalue weighted by Crippen LogP contribution is -2.42. The van der Waals surface area contributed by atoms with Gasteiger partial charge in [-0.1, -0.05) is 60.7 Å².